The first-order valence-electron chi connectivity index (χ1n) is 18.7. The largest absolute Gasteiger partial charge is 0.379 e. The van der Waals surface area contributed by atoms with E-state index < -0.39 is 87.7 Å². The molecule has 1 unspecified atom stereocenters. The summed E-state index contributed by atoms with van der Waals surface area (Å²) in [6.45, 7) is -0.286. The number of hydrogen-bond donors (Lipinski definition) is 1. The number of carbonyl (C=O) groups is 1. The van der Waals surface area contributed by atoms with Crippen LogP contribution in [0, 0.1) is 17.6 Å². The predicted molar refractivity (Wildman–Crippen MR) is 201 cm³/mol. The molecule has 2 aliphatic carbocycles. The average Bonchev–Trinajstić information content (AvgIpc) is 3.89. The minimum absolute atomic E-state index is 0.00722. The lowest BCUT2D eigenvalue weighted by Gasteiger charge is -2.26. The number of alkyl halides is 4. The Labute approximate surface area is 336 Å². The fourth-order valence-electron chi connectivity index (χ4n) is 8.10. The van der Waals surface area contributed by atoms with E-state index in [2.05, 4.69) is 20.4 Å². The summed E-state index contributed by atoms with van der Waals surface area (Å²) in [6, 6.07) is 12.6. The molecule has 60 heavy (non-hydrogen) atoms. The predicted octanol–water partition coefficient (Wildman–Crippen LogP) is 5.59. The molecule has 1 amide bonds. The standard InChI is InChI=1S/C40H32F6N8O5S/c41-23-14-21(15-24(42)18-23)16-31(49-32(55)20-53-35-33(34(51-53)36(43)44)28-19-29(28)40(35,45)46)38-50-30-17-22(37-47-8-1-9-48-37)2-7-27(30)39(56)54(38)25-3-5-26(6-4-25)60(57,58)52-10-12-59-13-11-52/h1-9,14-15,17-18,28-29,31,36H,10-13,16,19-20H2,(H,49,55)/t28-,29+,31?/m1/s1. The second kappa shape index (κ2) is 14.9. The van der Waals surface area contributed by atoms with Gasteiger partial charge in [-0.15, -0.1) is 0 Å². The van der Waals surface area contributed by atoms with Gasteiger partial charge in [0.25, 0.3) is 17.9 Å². The van der Waals surface area contributed by atoms with Crippen molar-refractivity contribution < 1.29 is 44.3 Å². The molecule has 13 nitrogen and oxygen atoms in total. The molecule has 0 bridgehead atoms. The molecular weight excluding hydrogens is 819 g/mol. The molecule has 9 rings (SSSR count). The molecule has 1 aliphatic heterocycles. The van der Waals surface area contributed by atoms with Crippen LogP contribution in [0.2, 0.25) is 0 Å². The summed E-state index contributed by atoms with van der Waals surface area (Å²) in [4.78, 5) is 41.8. The van der Waals surface area contributed by atoms with Gasteiger partial charge in [-0.25, -0.2) is 40.9 Å². The molecular formula is C40H32F6N8O5S. The van der Waals surface area contributed by atoms with Crippen molar-refractivity contribution in [3.05, 3.63) is 129 Å². The average molecular weight is 851 g/mol. The van der Waals surface area contributed by atoms with Crippen molar-refractivity contribution >= 4 is 26.8 Å². The maximum atomic E-state index is 15.4. The topological polar surface area (TPSA) is 154 Å². The zero-order valence-corrected chi connectivity index (χ0v) is 31.9. The van der Waals surface area contributed by atoms with Gasteiger partial charge in [-0.1, -0.05) is 6.07 Å². The smallest absolute Gasteiger partial charge is 0.293 e. The molecule has 0 radical (unpaired) electrons. The van der Waals surface area contributed by atoms with E-state index in [4.69, 9.17) is 9.72 Å². The highest BCUT2D eigenvalue weighted by Gasteiger charge is 2.67. The normalized spacial score (nSPS) is 19.0. The van der Waals surface area contributed by atoms with Crippen molar-refractivity contribution in [3.63, 3.8) is 0 Å². The zero-order valence-electron chi connectivity index (χ0n) is 31.1. The number of rotatable bonds is 11. The van der Waals surface area contributed by atoms with Gasteiger partial charge in [0.15, 0.2) is 5.82 Å². The van der Waals surface area contributed by atoms with Crippen LogP contribution in [0.25, 0.3) is 28.0 Å². The van der Waals surface area contributed by atoms with Gasteiger partial charge < -0.3 is 10.1 Å². The van der Waals surface area contributed by atoms with Gasteiger partial charge in [0.1, 0.15) is 35.4 Å². The van der Waals surface area contributed by atoms with Gasteiger partial charge in [0.05, 0.1) is 40.7 Å². The number of amides is 1. The monoisotopic (exact) mass is 850 g/mol. The lowest BCUT2D eigenvalue weighted by atomic mass is 10.0. The van der Waals surface area contributed by atoms with E-state index in [1.165, 1.54) is 53.1 Å². The molecule has 1 N–H and O–H groups in total. The van der Waals surface area contributed by atoms with E-state index in [0.717, 1.165) is 16.7 Å². The summed E-state index contributed by atoms with van der Waals surface area (Å²) in [5.74, 6) is -8.42. The van der Waals surface area contributed by atoms with E-state index in [1.807, 2.05) is 0 Å². The Kier molecular flexibility index (Phi) is 9.82. The van der Waals surface area contributed by atoms with Crippen LogP contribution in [-0.2, 0) is 38.4 Å². The SMILES string of the molecule is O=C(Cn1nc(C(F)F)c2c1C(F)(F)[C@H]1C[C@@H]21)NC(Cc1cc(F)cc(F)c1)c1nc2cc(-c3ncccn3)ccc2c(=O)n1-c1ccc(S(=O)(=O)N2CCOCC2)cc1. The van der Waals surface area contributed by atoms with Crippen LogP contribution in [0.1, 0.15) is 53.1 Å². The lowest BCUT2D eigenvalue weighted by Crippen LogP contribution is -2.40. The summed E-state index contributed by atoms with van der Waals surface area (Å²) in [7, 11) is -3.97. The molecule has 0 spiro atoms. The highest BCUT2D eigenvalue weighted by Crippen LogP contribution is 2.68. The fourth-order valence-corrected chi connectivity index (χ4v) is 9.51. The number of sulfonamides is 1. The first-order chi connectivity index (χ1) is 28.7. The number of fused-ring (bicyclic) bond motifs is 4. The molecule has 1 saturated heterocycles. The Morgan fingerprint density at radius 1 is 0.967 bits per heavy atom. The number of nitrogens with one attached hydrogen (secondary N) is 1. The van der Waals surface area contributed by atoms with Crippen LogP contribution >= 0.6 is 0 Å². The van der Waals surface area contributed by atoms with Gasteiger partial charge in [-0.05, 0) is 72.5 Å². The Hall–Kier alpha value is -5.99. The van der Waals surface area contributed by atoms with Crippen LogP contribution in [0.3, 0.4) is 0 Å². The van der Waals surface area contributed by atoms with E-state index in [9.17, 15) is 35.6 Å². The van der Waals surface area contributed by atoms with Crippen molar-refractivity contribution in [2.75, 3.05) is 26.3 Å². The molecule has 2 fully saturated rings. The lowest BCUT2D eigenvalue weighted by molar-refractivity contribution is -0.123. The summed E-state index contributed by atoms with van der Waals surface area (Å²) in [6.07, 6.45) is -0.592. The summed E-state index contributed by atoms with van der Waals surface area (Å²) >= 11 is 0. The van der Waals surface area contributed by atoms with E-state index in [-0.39, 0.29) is 77.0 Å². The van der Waals surface area contributed by atoms with Crippen LogP contribution in [0.4, 0.5) is 26.3 Å². The second-order valence-electron chi connectivity index (χ2n) is 14.7. The maximum absolute atomic E-state index is 15.4. The van der Waals surface area contributed by atoms with Crippen molar-refractivity contribution in [1.82, 2.24) is 38.9 Å². The number of carbonyl (C=O) groups excluding carboxylic acids is 1. The van der Waals surface area contributed by atoms with Crippen molar-refractivity contribution in [2.24, 2.45) is 5.92 Å². The minimum atomic E-state index is -3.97. The Morgan fingerprint density at radius 2 is 1.67 bits per heavy atom. The third-order valence-corrected chi connectivity index (χ3v) is 12.8. The van der Waals surface area contributed by atoms with Gasteiger partial charge in [0.2, 0.25) is 15.9 Å². The second-order valence-corrected chi connectivity index (χ2v) is 16.6. The maximum Gasteiger partial charge on any atom is 0.293 e. The van der Waals surface area contributed by atoms with E-state index >= 15 is 8.78 Å². The highest BCUT2D eigenvalue weighted by molar-refractivity contribution is 7.89. The van der Waals surface area contributed by atoms with Crippen molar-refractivity contribution in [2.45, 2.75) is 48.6 Å². The van der Waals surface area contributed by atoms with Gasteiger partial charge in [0, 0.05) is 55.0 Å². The number of nitrogens with zero attached hydrogens (tertiary/aromatic N) is 7. The molecule has 3 aromatic carbocycles. The minimum Gasteiger partial charge on any atom is -0.379 e. The molecule has 3 aromatic heterocycles. The zero-order chi connectivity index (χ0) is 42.1. The summed E-state index contributed by atoms with van der Waals surface area (Å²) in [5.41, 5.74) is -1.99. The van der Waals surface area contributed by atoms with Crippen LogP contribution in [0.5, 0.6) is 0 Å². The quantitative estimate of drug-likeness (QED) is 0.165. The number of ether oxygens (including phenoxy) is 1. The molecule has 3 atom stereocenters. The molecule has 20 heteroatoms. The molecule has 1 saturated carbocycles. The Balaban J connectivity index is 1.17. The van der Waals surface area contributed by atoms with Gasteiger partial charge in [-0.3, -0.25) is 18.8 Å². The van der Waals surface area contributed by atoms with Crippen LogP contribution < -0.4 is 10.9 Å². The van der Waals surface area contributed by atoms with Gasteiger partial charge >= 0.3 is 0 Å². The first-order valence-corrected chi connectivity index (χ1v) is 20.2. The van der Waals surface area contributed by atoms with Crippen molar-refractivity contribution in [1.29, 1.82) is 0 Å². The number of halogens is 6. The first kappa shape index (κ1) is 39.5. The van der Waals surface area contributed by atoms with Crippen LogP contribution in [0.15, 0.2) is 88.8 Å². The molecule has 6 aromatic rings. The Morgan fingerprint density at radius 3 is 2.35 bits per heavy atom. The van der Waals surface area contributed by atoms with Crippen LogP contribution in [-0.4, -0.2) is 74.2 Å². The summed E-state index contributed by atoms with van der Waals surface area (Å²) in [5, 5.41) is 6.44. The van der Waals surface area contributed by atoms with Gasteiger partial charge in [-0.2, -0.15) is 18.2 Å². The number of aromatic nitrogens is 6. The van der Waals surface area contributed by atoms with E-state index in [0.29, 0.717) is 16.3 Å². The van der Waals surface area contributed by atoms with Crippen molar-refractivity contribution in [3.8, 4) is 17.1 Å². The Bertz CT molecular complexity index is 2820. The third-order valence-electron chi connectivity index (χ3n) is 10.9. The highest BCUT2D eigenvalue weighted by atomic mass is 32.2. The number of hydrogen-bond acceptors (Lipinski definition) is 9. The number of morpholine rings is 1. The summed E-state index contributed by atoms with van der Waals surface area (Å²) < 4.78 is 123. The van der Waals surface area contributed by atoms with E-state index in [1.54, 1.807) is 12.1 Å². The molecule has 4 heterocycles. The molecule has 3 aliphatic rings. The third kappa shape index (κ3) is 7.00. The molecule has 310 valence electrons. The number of benzene rings is 3. The fraction of sp³-hybridized carbons (Fsp3) is 0.300.